The lowest BCUT2D eigenvalue weighted by Crippen LogP contribution is -2.51. The van der Waals surface area contributed by atoms with Crippen molar-refractivity contribution in [3.8, 4) is 0 Å². The highest BCUT2D eigenvalue weighted by Crippen LogP contribution is 2.25. The maximum Gasteiger partial charge on any atom is 0.255 e. The summed E-state index contributed by atoms with van der Waals surface area (Å²) in [4.78, 5) is 16.9. The molecule has 2 aliphatic rings. The van der Waals surface area contributed by atoms with E-state index in [1.165, 1.54) is 37.8 Å². The first-order valence-electron chi connectivity index (χ1n) is 7.63. The summed E-state index contributed by atoms with van der Waals surface area (Å²) in [6.45, 7) is 3.43. The number of hydrogen-bond acceptors (Lipinski definition) is 2. The molecule has 1 aromatic rings. The number of piperazine rings is 1. The van der Waals surface area contributed by atoms with Crippen LogP contribution < -0.4 is 0 Å². The summed E-state index contributed by atoms with van der Waals surface area (Å²) in [5.41, 5.74) is 0.547. The third-order valence-electron chi connectivity index (χ3n) is 4.60. The fourth-order valence-corrected chi connectivity index (χ4v) is 3.91. The first kappa shape index (κ1) is 15.0. The van der Waals surface area contributed by atoms with E-state index in [4.69, 9.17) is 0 Å². The minimum atomic E-state index is -0.329. The molecule has 0 N–H and O–H groups in total. The van der Waals surface area contributed by atoms with Gasteiger partial charge in [-0.3, -0.25) is 9.69 Å². The molecule has 1 saturated carbocycles. The van der Waals surface area contributed by atoms with Crippen LogP contribution in [0.5, 0.6) is 0 Å². The van der Waals surface area contributed by atoms with E-state index in [1.54, 1.807) is 6.07 Å². The minimum Gasteiger partial charge on any atom is -0.336 e. The van der Waals surface area contributed by atoms with Crippen molar-refractivity contribution in [3.05, 3.63) is 34.1 Å². The predicted octanol–water partition coefficient (Wildman–Crippen LogP) is 3.29. The summed E-state index contributed by atoms with van der Waals surface area (Å²) in [6.07, 6.45) is 5.29. The zero-order valence-electron chi connectivity index (χ0n) is 12.0. The van der Waals surface area contributed by atoms with Gasteiger partial charge in [-0.05, 0) is 47.0 Å². The highest BCUT2D eigenvalue weighted by Gasteiger charge is 2.28. The predicted molar refractivity (Wildman–Crippen MR) is 83.8 cm³/mol. The summed E-state index contributed by atoms with van der Waals surface area (Å²) in [6, 6.07) is 4.97. The van der Waals surface area contributed by atoms with Crippen LogP contribution in [-0.4, -0.2) is 47.9 Å². The van der Waals surface area contributed by atoms with Gasteiger partial charge in [0.05, 0.1) is 5.56 Å². The molecule has 3 nitrogen and oxygen atoms in total. The summed E-state index contributed by atoms with van der Waals surface area (Å²) in [5, 5.41) is 0. The topological polar surface area (TPSA) is 23.6 Å². The van der Waals surface area contributed by atoms with Gasteiger partial charge in [-0.1, -0.05) is 12.8 Å². The van der Waals surface area contributed by atoms with Crippen LogP contribution in [0.3, 0.4) is 0 Å². The van der Waals surface area contributed by atoms with Crippen LogP contribution in [0.25, 0.3) is 0 Å². The fraction of sp³-hybridized carbons (Fsp3) is 0.562. The molecule has 1 heterocycles. The second kappa shape index (κ2) is 6.44. The Morgan fingerprint density at radius 1 is 1.14 bits per heavy atom. The number of hydrogen-bond donors (Lipinski definition) is 0. The summed E-state index contributed by atoms with van der Waals surface area (Å²) < 4.78 is 13.6. The molecule has 0 bridgehead atoms. The van der Waals surface area contributed by atoms with Crippen molar-refractivity contribution >= 4 is 21.8 Å². The third-order valence-corrected chi connectivity index (χ3v) is 5.26. The minimum absolute atomic E-state index is 0.00653. The molecule has 0 spiro atoms. The average molecular weight is 355 g/mol. The summed E-state index contributed by atoms with van der Waals surface area (Å²) >= 11 is 3.28. The van der Waals surface area contributed by atoms with E-state index in [0.29, 0.717) is 10.0 Å². The Balaban J connectivity index is 1.62. The first-order valence-corrected chi connectivity index (χ1v) is 8.43. The smallest absolute Gasteiger partial charge is 0.255 e. The maximum absolute atomic E-state index is 13.1. The van der Waals surface area contributed by atoms with E-state index in [1.807, 2.05) is 4.90 Å². The second-order valence-corrected chi connectivity index (χ2v) is 6.74. The molecule has 2 fully saturated rings. The van der Waals surface area contributed by atoms with Crippen LogP contribution in [0.1, 0.15) is 36.0 Å². The number of benzene rings is 1. The Bertz CT molecular complexity index is 523. The van der Waals surface area contributed by atoms with Gasteiger partial charge in [0.2, 0.25) is 0 Å². The van der Waals surface area contributed by atoms with Gasteiger partial charge in [0.15, 0.2) is 0 Å². The van der Waals surface area contributed by atoms with Gasteiger partial charge in [0.25, 0.3) is 5.91 Å². The number of nitrogens with zero attached hydrogens (tertiary/aromatic N) is 2. The van der Waals surface area contributed by atoms with E-state index >= 15 is 0 Å². The third kappa shape index (κ3) is 3.29. The molecule has 1 aromatic carbocycles. The van der Waals surface area contributed by atoms with Crippen LogP contribution >= 0.6 is 15.9 Å². The number of rotatable bonds is 2. The molecular weight excluding hydrogens is 335 g/mol. The lowest BCUT2D eigenvalue weighted by atomic mass is 10.1. The molecule has 114 valence electrons. The van der Waals surface area contributed by atoms with Crippen molar-refractivity contribution in [1.82, 2.24) is 9.80 Å². The fourth-order valence-electron chi connectivity index (χ4n) is 3.39. The Morgan fingerprint density at radius 3 is 2.43 bits per heavy atom. The summed E-state index contributed by atoms with van der Waals surface area (Å²) in [5.74, 6) is -0.336. The van der Waals surface area contributed by atoms with Crippen molar-refractivity contribution in [2.75, 3.05) is 26.2 Å². The molecule has 1 aliphatic heterocycles. The summed E-state index contributed by atoms with van der Waals surface area (Å²) in [7, 11) is 0. The van der Waals surface area contributed by atoms with Crippen molar-refractivity contribution in [2.24, 2.45) is 0 Å². The van der Waals surface area contributed by atoms with E-state index in [-0.39, 0.29) is 11.7 Å². The van der Waals surface area contributed by atoms with Crippen molar-refractivity contribution in [2.45, 2.75) is 31.7 Å². The Kier molecular flexibility index (Phi) is 4.60. The molecule has 5 heteroatoms. The van der Waals surface area contributed by atoms with Gasteiger partial charge in [-0.2, -0.15) is 0 Å². The highest BCUT2D eigenvalue weighted by atomic mass is 79.9. The zero-order valence-corrected chi connectivity index (χ0v) is 13.6. The highest BCUT2D eigenvalue weighted by molar-refractivity contribution is 9.10. The molecule has 1 aliphatic carbocycles. The Hall–Kier alpha value is -0.940. The lowest BCUT2D eigenvalue weighted by Gasteiger charge is -2.38. The molecule has 0 radical (unpaired) electrons. The normalized spacial score (nSPS) is 21.0. The molecule has 0 atom stereocenters. The Morgan fingerprint density at radius 2 is 1.81 bits per heavy atom. The molecule has 0 aromatic heterocycles. The van der Waals surface area contributed by atoms with Gasteiger partial charge < -0.3 is 4.90 Å². The molecule has 1 saturated heterocycles. The average Bonchev–Trinajstić information content (AvgIpc) is 3.01. The number of amides is 1. The SMILES string of the molecule is O=C(c1ccc(F)cc1Br)N1CCN(C2CCCC2)CC1. The van der Waals surface area contributed by atoms with Crippen molar-refractivity contribution < 1.29 is 9.18 Å². The molecule has 21 heavy (non-hydrogen) atoms. The Labute approximate surface area is 133 Å². The standard InChI is InChI=1S/C16H20BrFN2O/c17-15-11-12(18)5-6-14(15)16(21)20-9-7-19(8-10-20)13-3-1-2-4-13/h5-6,11,13H,1-4,7-10H2. The number of carbonyl (C=O) groups is 1. The monoisotopic (exact) mass is 354 g/mol. The molecular formula is C16H20BrFN2O. The van der Waals surface area contributed by atoms with Crippen LogP contribution in [0, 0.1) is 5.82 Å². The van der Waals surface area contributed by atoms with Gasteiger partial charge >= 0.3 is 0 Å². The second-order valence-electron chi connectivity index (χ2n) is 5.89. The van der Waals surface area contributed by atoms with E-state index in [0.717, 1.165) is 32.2 Å². The quantitative estimate of drug-likeness (QED) is 0.813. The van der Waals surface area contributed by atoms with Gasteiger partial charge in [-0.25, -0.2) is 4.39 Å². The molecule has 0 unspecified atom stereocenters. The largest absolute Gasteiger partial charge is 0.336 e. The van der Waals surface area contributed by atoms with Crippen LogP contribution in [-0.2, 0) is 0 Å². The zero-order chi connectivity index (χ0) is 14.8. The van der Waals surface area contributed by atoms with Crippen LogP contribution in [0.4, 0.5) is 4.39 Å². The van der Waals surface area contributed by atoms with Gasteiger partial charge in [0.1, 0.15) is 5.82 Å². The van der Waals surface area contributed by atoms with Gasteiger partial charge in [-0.15, -0.1) is 0 Å². The van der Waals surface area contributed by atoms with Crippen LogP contribution in [0.15, 0.2) is 22.7 Å². The molecule has 1 amide bonds. The lowest BCUT2D eigenvalue weighted by molar-refractivity contribution is 0.0572. The number of halogens is 2. The van der Waals surface area contributed by atoms with E-state index in [2.05, 4.69) is 20.8 Å². The van der Waals surface area contributed by atoms with Gasteiger partial charge in [0, 0.05) is 36.7 Å². The van der Waals surface area contributed by atoms with E-state index in [9.17, 15) is 9.18 Å². The maximum atomic E-state index is 13.1. The number of carbonyl (C=O) groups excluding carboxylic acids is 1. The van der Waals surface area contributed by atoms with E-state index < -0.39 is 0 Å². The first-order chi connectivity index (χ1) is 10.1. The molecule has 3 rings (SSSR count). The van der Waals surface area contributed by atoms with Crippen molar-refractivity contribution in [3.63, 3.8) is 0 Å². The van der Waals surface area contributed by atoms with Crippen molar-refractivity contribution in [1.29, 1.82) is 0 Å². The van der Waals surface area contributed by atoms with Crippen LogP contribution in [0.2, 0.25) is 0 Å².